The van der Waals surface area contributed by atoms with Crippen molar-refractivity contribution in [2.45, 2.75) is 19.8 Å². The van der Waals surface area contributed by atoms with Crippen molar-refractivity contribution < 1.29 is 4.79 Å². The molecule has 0 fully saturated rings. The zero-order valence-electron chi connectivity index (χ0n) is 5.48. The van der Waals surface area contributed by atoms with Gasteiger partial charge in [0.15, 0.2) is 0 Å². The predicted octanol–water partition coefficient (Wildman–Crippen LogP) is -0.153. The molecule has 0 aromatic rings. The van der Waals surface area contributed by atoms with Gasteiger partial charge in [-0.2, -0.15) is 0 Å². The average molecular weight is 118 g/mol. The van der Waals surface area contributed by atoms with Crippen molar-refractivity contribution in [3.63, 3.8) is 0 Å². The first-order chi connectivity index (χ1) is 3.77. The first-order valence-electron chi connectivity index (χ1n) is 2.63. The Balaban J connectivity index is 0. The Morgan fingerprint density at radius 3 is 1.88 bits per heavy atom. The van der Waals surface area contributed by atoms with Crippen LogP contribution >= 0.6 is 0 Å². The van der Waals surface area contributed by atoms with Crippen LogP contribution in [0.2, 0.25) is 0 Å². The van der Waals surface area contributed by atoms with Gasteiger partial charge in [-0.15, -0.1) is 0 Å². The highest BCUT2D eigenvalue weighted by Gasteiger charge is 1.84. The Labute approximate surface area is 50.0 Å². The number of primary amides is 1. The van der Waals surface area contributed by atoms with Crippen LogP contribution in [0.3, 0.4) is 0 Å². The number of hydrogen-bond acceptors (Lipinski definition) is 2. The van der Waals surface area contributed by atoms with Crippen LogP contribution in [-0.2, 0) is 4.79 Å². The van der Waals surface area contributed by atoms with Crippen molar-refractivity contribution in [1.29, 1.82) is 0 Å². The molecule has 0 unspecified atom stereocenters. The lowest BCUT2D eigenvalue weighted by Gasteiger charge is -1.81. The highest BCUT2D eigenvalue weighted by Crippen LogP contribution is 1.79. The summed E-state index contributed by atoms with van der Waals surface area (Å²) >= 11 is 0. The van der Waals surface area contributed by atoms with Crippen LogP contribution < -0.4 is 11.5 Å². The molecule has 3 heteroatoms. The Bertz CT molecular complexity index is 54.4. The summed E-state index contributed by atoms with van der Waals surface area (Å²) in [6.07, 6.45) is 1.37. The van der Waals surface area contributed by atoms with Gasteiger partial charge in [-0.05, 0) is 13.5 Å². The minimum Gasteiger partial charge on any atom is -0.370 e. The van der Waals surface area contributed by atoms with E-state index >= 15 is 0 Å². The van der Waals surface area contributed by atoms with E-state index in [1.54, 1.807) is 0 Å². The standard InChI is InChI=1S/C4H9NO.CH5N/c1-2-3-4(5)6;1-2/h2-3H2,1H3,(H2,5,6);2H2,1H3. The molecular formula is C5H14N2O. The maximum absolute atomic E-state index is 9.82. The van der Waals surface area contributed by atoms with E-state index in [-0.39, 0.29) is 5.91 Å². The van der Waals surface area contributed by atoms with Crippen LogP contribution in [0.5, 0.6) is 0 Å². The number of amides is 1. The summed E-state index contributed by atoms with van der Waals surface area (Å²) in [5.74, 6) is -0.211. The smallest absolute Gasteiger partial charge is 0.217 e. The SMILES string of the molecule is CCCC(N)=O.CN. The third-order valence-electron chi connectivity index (χ3n) is 0.496. The van der Waals surface area contributed by atoms with Crippen LogP contribution in [-0.4, -0.2) is 13.0 Å². The summed E-state index contributed by atoms with van der Waals surface area (Å²) in [7, 11) is 1.50. The van der Waals surface area contributed by atoms with E-state index < -0.39 is 0 Å². The van der Waals surface area contributed by atoms with Gasteiger partial charge in [-0.1, -0.05) is 6.92 Å². The van der Waals surface area contributed by atoms with Crippen LogP contribution in [0, 0.1) is 0 Å². The van der Waals surface area contributed by atoms with Gasteiger partial charge in [0, 0.05) is 6.42 Å². The third kappa shape index (κ3) is 18.0. The summed E-state index contributed by atoms with van der Waals surface area (Å²) in [5, 5.41) is 0. The molecule has 0 bridgehead atoms. The Hall–Kier alpha value is -0.570. The minimum atomic E-state index is -0.211. The van der Waals surface area contributed by atoms with Crippen molar-refractivity contribution >= 4 is 5.91 Å². The molecule has 0 aliphatic heterocycles. The van der Waals surface area contributed by atoms with Gasteiger partial charge in [-0.3, -0.25) is 4.79 Å². The summed E-state index contributed by atoms with van der Waals surface area (Å²) < 4.78 is 0. The molecule has 8 heavy (non-hydrogen) atoms. The number of nitrogens with two attached hydrogens (primary N) is 2. The van der Waals surface area contributed by atoms with Gasteiger partial charge < -0.3 is 11.5 Å². The van der Waals surface area contributed by atoms with Crippen LogP contribution in [0.25, 0.3) is 0 Å². The van der Waals surface area contributed by atoms with Gasteiger partial charge >= 0.3 is 0 Å². The molecule has 0 aromatic carbocycles. The molecule has 0 heterocycles. The Morgan fingerprint density at radius 1 is 1.50 bits per heavy atom. The van der Waals surface area contributed by atoms with Crippen molar-refractivity contribution in [2.24, 2.45) is 11.5 Å². The zero-order valence-corrected chi connectivity index (χ0v) is 5.48. The number of carbonyl (C=O) groups is 1. The van der Waals surface area contributed by atoms with E-state index in [1.165, 1.54) is 7.05 Å². The second-order valence-corrected chi connectivity index (χ2v) is 1.22. The van der Waals surface area contributed by atoms with Crippen molar-refractivity contribution in [1.82, 2.24) is 0 Å². The van der Waals surface area contributed by atoms with Crippen LogP contribution in [0.1, 0.15) is 19.8 Å². The van der Waals surface area contributed by atoms with Crippen LogP contribution in [0.4, 0.5) is 0 Å². The van der Waals surface area contributed by atoms with E-state index in [2.05, 4.69) is 5.73 Å². The first kappa shape index (κ1) is 10.4. The Kier molecular flexibility index (Phi) is 12.6. The molecule has 50 valence electrons. The average Bonchev–Trinajstić information content (AvgIpc) is 1.72. The van der Waals surface area contributed by atoms with Crippen molar-refractivity contribution in [2.75, 3.05) is 7.05 Å². The van der Waals surface area contributed by atoms with Gasteiger partial charge in [0.1, 0.15) is 0 Å². The highest BCUT2D eigenvalue weighted by atomic mass is 16.1. The molecule has 1 amide bonds. The monoisotopic (exact) mass is 118 g/mol. The second kappa shape index (κ2) is 9.66. The second-order valence-electron chi connectivity index (χ2n) is 1.22. The zero-order chi connectivity index (χ0) is 6.99. The Morgan fingerprint density at radius 2 is 1.88 bits per heavy atom. The molecule has 0 aromatic heterocycles. The summed E-state index contributed by atoms with van der Waals surface area (Å²) in [6.45, 7) is 1.92. The van der Waals surface area contributed by atoms with E-state index in [1.807, 2.05) is 6.92 Å². The topological polar surface area (TPSA) is 69.1 Å². The number of rotatable bonds is 2. The largest absolute Gasteiger partial charge is 0.370 e. The molecule has 0 spiro atoms. The predicted molar refractivity (Wildman–Crippen MR) is 34.2 cm³/mol. The fourth-order valence-corrected chi connectivity index (χ4v) is 0.246. The molecule has 0 radical (unpaired) electrons. The van der Waals surface area contributed by atoms with Crippen molar-refractivity contribution in [3.8, 4) is 0 Å². The lowest BCUT2D eigenvalue weighted by molar-refractivity contribution is -0.118. The fourth-order valence-electron chi connectivity index (χ4n) is 0.246. The van der Waals surface area contributed by atoms with Crippen LogP contribution in [0.15, 0.2) is 0 Å². The lowest BCUT2D eigenvalue weighted by atomic mass is 10.3. The van der Waals surface area contributed by atoms with E-state index in [4.69, 9.17) is 5.73 Å². The van der Waals surface area contributed by atoms with Gasteiger partial charge in [0.2, 0.25) is 5.91 Å². The first-order valence-corrected chi connectivity index (χ1v) is 2.63. The molecule has 4 N–H and O–H groups in total. The highest BCUT2D eigenvalue weighted by molar-refractivity contribution is 5.73. The number of hydrogen-bond donors (Lipinski definition) is 2. The maximum atomic E-state index is 9.82. The lowest BCUT2D eigenvalue weighted by Crippen LogP contribution is -2.08. The fraction of sp³-hybridized carbons (Fsp3) is 0.800. The summed E-state index contributed by atoms with van der Waals surface area (Å²) in [5.41, 5.74) is 9.26. The molecule has 3 nitrogen and oxygen atoms in total. The van der Waals surface area contributed by atoms with Gasteiger partial charge in [-0.25, -0.2) is 0 Å². The normalized spacial score (nSPS) is 6.88. The van der Waals surface area contributed by atoms with Crippen molar-refractivity contribution in [3.05, 3.63) is 0 Å². The minimum absolute atomic E-state index is 0.211. The molecule has 0 aliphatic carbocycles. The third-order valence-corrected chi connectivity index (χ3v) is 0.496. The molecule has 0 atom stereocenters. The quantitative estimate of drug-likeness (QED) is 0.529. The maximum Gasteiger partial charge on any atom is 0.217 e. The van der Waals surface area contributed by atoms with E-state index in [0.717, 1.165) is 6.42 Å². The number of carbonyl (C=O) groups excluding carboxylic acids is 1. The van der Waals surface area contributed by atoms with E-state index in [9.17, 15) is 4.79 Å². The van der Waals surface area contributed by atoms with Gasteiger partial charge in [0.25, 0.3) is 0 Å². The molecular weight excluding hydrogens is 104 g/mol. The molecule has 0 rings (SSSR count). The summed E-state index contributed by atoms with van der Waals surface area (Å²) in [4.78, 5) is 9.82. The van der Waals surface area contributed by atoms with E-state index in [0.29, 0.717) is 6.42 Å². The molecule has 0 saturated carbocycles. The summed E-state index contributed by atoms with van der Waals surface area (Å²) in [6, 6.07) is 0. The molecule has 0 saturated heterocycles. The molecule has 0 aliphatic rings. The van der Waals surface area contributed by atoms with Gasteiger partial charge in [0.05, 0.1) is 0 Å².